The van der Waals surface area contributed by atoms with E-state index in [9.17, 15) is 19.2 Å². The molecule has 0 radical (unpaired) electrons. The molecule has 1 aromatic rings. The van der Waals surface area contributed by atoms with Gasteiger partial charge in [0.15, 0.2) is 5.41 Å². The number of carbonyl (C=O) groups is 4. The molecule has 2 heterocycles. The maximum atomic E-state index is 13.7. The number of rotatable bonds is 9. The monoisotopic (exact) mass is 486 g/mol. The van der Waals surface area contributed by atoms with Crippen LogP contribution in [-0.2, 0) is 43.5 Å². The third-order valence-electron chi connectivity index (χ3n) is 5.86. The molecular formula is C25H30N2O8. The minimum atomic E-state index is -2.08. The molecule has 0 bridgehead atoms. The van der Waals surface area contributed by atoms with Crippen LogP contribution in [0.25, 0.3) is 0 Å². The number of unbranched alkanes of at least 4 members (excludes halogenated alkanes) is 1. The third-order valence-corrected chi connectivity index (χ3v) is 5.86. The van der Waals surface area contributed by atoms with Gasteiger partial charge in [-0.15, -0.1) is 0 Å². The second kappa shape index (κ2) is 10.6. The van der Waals surface area contributed by atoms with E-state index in [4.69, 9.17) is 24.7 Å². The van der Waals surface area contributed by atoms with Crippen molar-refractivity contribution in [3.05, 3.63) is 52.6 Å². The SMILES string of the molecule is CCCCOC(=O)C1=C(N)N(C)c2ccccc2[C@]12C(=O)OC(CC(=O)OCC)=C2C(=O)OCC. The summed E-state index contributed by atoms with van der Waals surface area (Å²) in [5.41, 5.74) is 4.55. The Balaban J connectivity index is 2.34. The van der Waals surface area contributed by atoms with E-state index in [2.05, 4.69) is 0 Å². The zero-order valence-electron chi connectivity index (χ0n) is 20.3. The van der Waals surface area contributed by atoms with E-state index >= 15 is 0 Å². The van der Waals surface area contributed by atoms with E-state index in [1.54, 1.807) is 45.2 Å². The number of para-hydroxylation sites is 1. The van der Waals surface area contributed by atoms with E-state index < -0.39 is 35.7 Å². The largest absolute Gasteiger partial charge is 0.466 e. The Morgan fingerprint density at radius 2 is 1.66 bits per heavy atom. The van der Waals surface area contributed by atoms with E-state index in [1.165, 1.54) is 4.90 Å². The molecule has 1 spiro atoms. The van der Waals surface area contributed by atoms with Crippen LogP contribution in [0, 0.1) is 0 Å². The van der Waals surface area contributed by atoms with Gasteiger partial charge in [0, 0.05) is 18.3 Å². The fourth-order valence-corrected chi connectivity index (χ4v) is 4.31. The second-order valence-electron chi connectivity index (χ2n) is 7.97. The Bertz CT molecular complexity index is 1110. The van der Waals surface area contributed by atoms with Crippen molar-refractivity contribution in [1.29, 1.82) is 0 Å². The molecule has 0 saturated carbocycles. The van der Waals surface area contributed by atoms with Gasteiger partial charge in [-0.05, 0) is 26.3 Å². The van der Waals surface area contributed by atoms with Crippen LogP contribution >= 0.6 is 0 Å². The molecule has 0 fully saturated rings. The number of hydrogen-bond acceptors (Lipinski definition) is 10. The summed E-state index contributed by atoms with van der Waals surface area (Å²) in [6.07, 6.45) is 0.860. The van der Waals surface area contributed by atoms with Gasteiger partial charge < -0.3 is 29.6 Å². The number of ether oxygens (including phenoxy) is 4. The van der Waals surface area contributed by atoms with Crippen LogP contribution in [0.5, 0.6) is 0 Å². The average Bonchev–Trinajstić information content (AvgIpc) is 3.10. The molecule has 2 aliphatic rings. The number of hydrogen-bond donors (Lipinski definition) is 1. The zero-order chi connectivity index (χ0) is 25.8. The van der Waals surface area contributed by atoms with Crippen LogP contribution in [0.1, 0.15) is 45.6 Å². The molecule has 1 atom stereocenters. The standard InChI is InChI=1S/C25H30N2O8/c1-5-8-13-34-23(30)20-21(26)27(4)16-12-10-9-11-15(16)25(20)19(22(29)33-7-3)17(35-24(25)31)14-18(28)32-6-2/h9-12H,5-8,13-14,26H2,1-4H3/t25-/m1/s1. The molecule has 0 aliphatic carbocycles. The van der Waals surface area contributed by atoms with Crippen LogP contribution in [0.15, 0.2) is 47.0 Å². The molecule has 0 saturated heterocycles. The quantitative estimate of drug-likeness (QED) is 0.314. The number of nitrogens with two attached hydrogens (primary N) is 1. The Morgan fingerprint density at radius 3 is 2.31 bits per heavy atom. The van der Waals surface area contributed by atoms with Crippen LogP contribution in [0.2, 0.25) is 0 Å². The number of esters is 4. The van der Waals surface area contributed by atoms with Crippen molar-refractivity contribution < 1.29 is 38.1 Å². The summed E-state index contributed by atoms with van der Waals surface area (Å²) in [5, 5.41) is 0. The Labute approximate surface area is 203 Å². The highest BCUT2D eigenvalue weighted by atomic mass is 16.6. The molecule has 0 unspecified atom stereocenters. The first-order valence-electron chi connectivity index (χ1n) is 11.5. The molecule has 10 heteroatoms. The third kappa shape index (κ3) is 4.36. The van der Waals surface area contributed by atoms with Gasteiger partial charge in [-0.3, -0.25) is 4.79 Å². The van der Waals surface area contributed by atoms with Gasteiger partial charge in [0.1, 0.15) is 29.1 Å². The zero-order valence-corrected chi connectivity index (χ0v) is 20.3. The number of nitrogens with zero attached hydrogens (tertiary/aromatic N) is 1. The van der Waals surface area contributed by atoms with E-state index in [0.717, 1.165) is 6.42 Å². The molecule has 35 heavy (non-hydrogen) atoms. The highest BCUT2D eigenvalue weighted by Gasteiger charge is 2.64. The van der Waals surface area contributed by atoms with Crippen LogP contribution < -0.4 is 10.6 Å². The highest BCUT2D eigenvalue weighted by Crippen LogP contribution is 2.54. The smallest absolute Gasteiger partial charge is 0.339 e. The molecule has 3 rings (SSSR count). The van der Waals surface area contributed by atoms with Crippen molar-refractivity contribution >= 4 is 29.6 Å². The van der Waals surface area contributed by atoms with Crippen molar-refractivity contribution in [1.82, 2.24) is 0 Å². The first-order valence-corrected chi connectivity index (χ1v) is 11.5. The van der Waals surface area contributed by atoms with Crippen LogP contribution in [0.4, 0.5) is 5.69 Å². The number of fused-ring (bicyclic) bond motifs is 2. The summed E-state index contributed by atoms with van der Waals surface area (Å²) in [6, 6.07) is 6.69. The topological polar surface area (TPSA) is 134 Å². The van der Waals surface area contributed by atoms with Crippen molar-refractivity contribution in [2.75, 3.05) is 31.8 Å². The van der Waals surface area contributed by atoms with Gasteiger partial charge in [0.2, 0.25) is 0 Å². The summed E-state index contributed by atoms with van der Waals surface area (Å²) >= 11 is 0. The molecule has 0 amide bonds. The van der Waals surface area contributed by atoms with Gasteiger partial charge >= 0.3 is 23.9 Å². The number of cyclic esters (lactones) is 1. The van der Waals surface area contributed by atoms with Crippen LogP contribution in [-0.4, -0.2) is 50.7 Å². The van der Waals surface area contributed by atoms with Gasteiger partial charge in [-0.1, -0.05) is 31.5 Å². The van der Waals surface area contributed by atoms with E-state index in [0.29, 0.717) is 12.1 Å². The molecular weight excluding hydrogens is 456 g/mol. The highest BCUT2D eigenvalue weighted by molar-refractivity contribution is 6.16. The molecule has 10 nitrogen and oxygen atoms in total. The van der Waals surface area contributed by atoms with Gasteiger partial charge in [0.25, 0.3) is 0 Å². The molecule has 188 valence electrons. The summed E-state index contributed by atoms with van der Waals surface area (Å²) in [4.78, 5) is 54.4. The summed E-state index contributed by atoms with van der Waals surface area (Å²) < 4.78 is 21.2. The van der Waals surface area contributed by atoms with Crippen molar-refractivity contribution in [2.24, 2.45) is 5.73 Å². The summed E-state index contributed by atoms with van der Waals surface area (Å²) in [5.74, 6) is -3.78. The molecule has 0 aromatic heterocycles. The van der Waals surface area contributed by atoms with Gasteiger partial charge in [-0.2, -0.15) is 0 Å². The van der Waals surface area contributed by atoms with Crippen molar-refractivity contribution in [2.45, 2.75) is 45.4 Å². The van der Waals surface area contributed by atoms with Gasteiger partial charge in [-0.25, -0.2) is 14.4 Å². The van der Waals surface area contributed by atoms with Crippen molar-refractivity contribution in [3.8, 4) is 0 Å². The molecule has 2 aliphatic heterocycles. The average molecular weight is 487 g/mol. The maximum absolute atomic E-state index is 13.7. The fourth-order valence-electron chi connectivity index (χ4n) is 4.31. The molecule has 2 N–H and O–H groups in total. The summed E-state index contributed by atoms with van der Waals surface area (Å²) in [6.45, 7) is 5.33. The Hall–Kier alpha value is -3.82. The van der Waals surface area contributed by atoms with E-state index in [-0.39, 0.29) is 48.1 Å². The predicted molar refractivity (Wildman–Crippen MR) is 125 cm³/mol. The molecule has 1 aromatic carbocycles. The number of benzene rings is 1. The van der Waals surface area contributed by atoms with Crippen LogP contribution in [0.3, 0.4) is 0 Å². The fraction of sp³-hybridized carbons (Fsp3) is 0.440. The number of anilines is 1. The first kappa shape index (κ1) is 25.8. The first-order chi connectivity index (χ1) is 16.7. The maximum Gasteiger partial charge on any atom is 0.339 e. The van der Waals surface area contributed by atoms with Crippen molar-refractivity contribution in [3.63, 3.8) is 0 Å². The minimum Gasteiger partial charge on any atom is -0.466 e. The lowest BCUT2D eigenvalue weighted by Gasteiger charge is -2.39. The lowest BCUT2D eigenvalue weighted by atomic mass is 9.66. The summed E-state index contributed by atoms with van der Waals surface area (Å²) in [7, 11) is 1.63. The number of carbonyl (C=O) groups excluding carboxylic acids is 4. The Kier molecular flexibility index (Phi) is 7.83. The Morgan fingerprint density at radius 1 is 1.00 bits per heavy atom. The second-order valence-corrected chi connectivity index (χ2v) is 7.97. The lowest BCUT2D eigenvalue weighted by molar-refractivity contribution is -0.148. The van der Waals surface area contributed by atoms with Gasteiger partial charge in [0.05, 0.1) is 19.8 Å². The predicted octanol–water partition coefficient (Wildman–Crippen LogP) is 2.21. The normalized spacial score (nSPS) is 19.0. The van der Waals surface area contributed by atoms with E-state index in [1.807, 2.05) is 6.92 Å². The minimum absolute atomic E-state index is 0.0175. The lowest BCUT2D eigenvalue weighted by Crippen LogP contribution is -2.50.